The molecule has 2 N–H and O–H groups in total. The lowest BCUT2D eigenvalue weighted by molar-refractivity contribution is -0.150. The van der Waals surface area contributed by atoms with Crippen LogP contribution in [0, 0.1) is 0 Å². The summed E-state index contributed by atoms with van der Waals surface area (Å²) in [5.74, 6) is -1.16. The first kappa shape index (κ1) is 15.2. The zero-order valence-corrected chi connectivity index (χ0v) is 11.3. The van der Waals surface area contributed by atoms with Gasteiger partial charge in [0.1, 0.15) is 6.61 Å². The fourth-order valence-electron chi connectivity index (χ4n) is 1.57. The molecule has 0 saturated carbocycles. The summed E-state index contributed by atoms with van der Waals surface area (Å²) in [7, 11) is 0. The standard InChI is InChI=1S/C14H19NO4/c1-9(2)11-6-4-5-7-12(11)15-13(16)8-19-10(3)14(17)18/h4-7,9-10H,8H2,1-3H3,(H,15,16)(H,17,18)/t10-/m1/s1. The highest BCUT2D eigenvalue weighted by molar-refractivity contribution is 5.92. The maximum atomic E-state index is 11.7. The fraction of sp³-hybridized carbons (Fsp3) is 0.429. The Kier molecular flexibility index (Phi) is 5.51. The number of aliphatic carboxylic acids is 1. The van der Waals surface area contributed by atoms with Crippen molar-refractivity contribution in [1.29, 1.82) is 0 Å². The Morgan fingerprint density at radius 2 is 1.89 bits per heavy atom. The summed E-state index contributed by atoms with van der Waals surface area (Å²) < 4.78 is 4.93. The molecule has 1 atom stereocenters. The van der Waals surface area contributed by atoms with E-state index < -0.39 is 12.1 Å². The molecule has 0 aliphatic heterocycles. The number of rotatable bonds is 6. The number of nitrogens with one attached hydrogen (secondary N) is 1. The second-order valence-corrected chi connectivity index (χ2v) is 4.58. The van der Waals surface area contributed by atoms with Crippen LogP contribution in [0.2, 0.25) is 0 Å². The number of hydrogen-bond donors (Lipinski definition) is 2. The summed E-state index contributed by atoms with van der Waals surface area (Å²) in [5, 5.41) is 11.4. The molecule has 104 valence electrons. The Morgan fingerprint density at radius 1 is 1.26 bits per heavy atom. The highest BCUT2D eigenvalue weighted by atomic mass is 16.5. The number of carboxylic acid groups (broad SMARTS) is 1. The fourth-order valence-corrected chi connectivity index (χ4v) is 1.57. The van der Waals surface area contributed by atoms with Gasteiger partial charge in [0, 0.05) is 5.69 Å². The summed E-state index contributed by atoms with van der Waals surface area (Å²) in [6, 6.07) is 7.51. The van der Waals surface area contributed by atoms with E-state index >= 15 is 0 Å². The minimum atomic E-state index is -1.09. The molecule has 0 unspecified atom stereocenters. The van der Waals surface area contributed by atoms with Gasteiger partial charge in [-0.25, -0.2) is 4.79 Å². The predicted molar refractivity (Wildman–Crippen MR) is 72.2 cm³/mol. The summed E-state index contributed by atoms with van der Waals surface area (Å²) in [4.78, 5) is 22.2. The highest BCUT2D eigenvalue weighted by Crippen LogP contribution is 2.23. The number of amides is 1. The van der Waals surface area contributed by atoms with Gasteiger partial charge in [0.2, 0.25) is 5.91 Å². The molecule has 0 aliphatic carbocycles. The molecule has 0 bridgehead atoms. The SMILES string of the molecule is CC(C)c1ccccc1NC(=O)CO[C@H](C)C(=O)O. The number of para-hydroxylation sites is 1. The van der Waals surface area contributed by atoms with Gasteiger partial charge in [-0.3, -0.25) is 4.79 Å². The maximum Gasteiger partial charge on any atom is 0.332 e. The van der Waals surface area contributed by atoms with E-state index in [0.29, 0.717) is 0 Å². The van der Waals surface area contributed by atoms with Gasteiger partial charge in [-0.05, 0) is 24.5 Å². The number of benzene rings is 1. The Hall–Kier alpha value is -1.88. The van der Waals surface area contributed by atoms with Gasteiger partial charge in [-0.2, -0.15) is 0 Å². The summed E-state index contributed by atoms with van der Waals surface area (Å²) >= 11 is 0. The molecule has 5 heteroatoms. The average Bonchev–Trinajstić information content (AvgIpc) is 2.36. The zero-order valence-electron chi connectivity index (χ0n) is 11.3. The van der Waals surface area contributed by atoms with Crippen LogP contribution in [0.5, 0.6) is 0 Å². The molecule has 19 heavy (non-hydrogen) atoms. The van der Waals surface area contributed by atoms with Crippen LogP contribution in [0.1, 0.15) is 32.3 Å². The van der Waals surface area contributed by atoms with E-state index in [4.69, 9.17) is 9.84 Å². The van der Waals surface area contributed by atoms with E-state index in [-0.39, 0.29) is 18.4 Å². The minimum absolute atomic E-state index is 0.278. The van der Waals surface area contributed by atoms with Crippen molar-refractivity contribution in [3.63, 3.8) is 0 Å². The van der Waals surface area contributed by atoms with Crippen molar-refractivity contribution < 1.29 is 19.4 Å². The average molecular weight is 265 g/mol. The number of ether oxygens (including phenoxy) is 1. The molecule has 0 radical (unpaired) electrons. The molecule has 0 aliphatic rings. The smallest absolute Gasteiger partial charge is 0.332 e. The lowest BCUT2D eigenvalue weighted by Gasteiger charge is -2.14. The third-order valence-electron chi connectivity index (χ3n) is 2.67. The summed E-state index contributed by atoms with van der Waals surface area (Å²) in [5.41, 5.74) is 1.76. The van der Waals surface area contributed by atoms with Crippen molar-refractivity contribution in [1.82, 2.24) is 0 Å². The lowest BCUT2D eigenvalue weighted by Crippen LogP contribution is -2.26. The van der Waals surface area contributed by atoms with Crippen molar-refractivity contribution in [2.24, 2.45) is 0 Å². The Labute approximate surface area is 112 Å². The Morgan fingerprint density at radius 3 is 2.47 bits per heavy atom. The molecule has 1 amide bonds. The van der Waals surface area contributed by atoms with Crippen LogP contribution in [-0.4, -0.2) is 29.7 Å². The maximum absolute atomic E-state index is 11.7. The van der Waals surface area contributed by atoms with Gasteiger partial charge in [-0.15, -0.1) is 0 Å². The van der Waals surface area contributed by atoms with Gasteiger partial charge < -0.3 is 15.2 Å². The molecule has 0 aromatic heterocycles. The molecule has 0 fully saturated rings. The van der Waals surface area contributed by atoms with Gasteiger partial charge in [-0.1, -0.05) is 32.0 Å². The van der Waals surface area contributed by atoms with Crippen molar-refractivity contribution in [2.45, 2.75) is 32.8 Å². The highest BCUT2D eigenvalue weighted by Gasteiger charge is 2.14. The second-order valence-electron chi connectivity index (χ2n) is 4.58. The number of hydrogen-bond acceptors (Lipinski definition) is 3. The van der Waals surface area contributed by atoms with Crippen LogP contribution in [-0.2, 0) is 14.3 Å². The van der Waals surface area contributed by atoms with Gasteiger partial charge >= 0.3 is 5.97 Å². The summed E-state index contributed by atoms with van der Waals surface area (Å²) in [6.45, 7) is 5.18. The lowest BCUT2D eigenvalue weighted by atomic mass is 10.0. The number of carboxylic acids is 1. The van der Waals surface area contributed by atoms with E-state index in [1.165, 1.54) is 6.92 Å². The number of carbonyl (C=O) groups is 2. The van der Waals surface area contributed by atoms with Crippen LogP contribution in [0.4, 0.5) is 5.69 Å². The molecular weight excluding hydrogens is 246 g/mol. The largest absolute Gasteiger partial charge is 0.479 e. The zero-order chi connectivity index (χ0) is 14.4. The van der Waals surface area contributed by atoms with Crippen molar-refractivity contribution in [3.05, 3.63) is 29.8 Å². The number of carbonyl (C=O) groups excluding carboxylic acids is 1. The molecule has 1 rings (SSSR count). The topological polar surface area (TPSA) is 75.6 Å². The monoisotopic (exact) mass is 265 g/mol. The third kappa shape index (κ3) is 4.71. The summed E-state index contributed by atoms with van der Waals surface area (Å²) in [6.07, 6.45) is -0.994. The minimum Gasteiger partial charge on any atom is -0.479 e. The van der Waals surface area contributed by atoms with Gasteiger partial charge in [0.25, 0.3) is 0 Å². The first-order valence-corrected chi connectivity index (χ1v) is 6.15. The molecular formula is C14H19NO4. The van der Waals surface area contributed by atoms with Crippen molar-refractivity contribution in [2.75, 3.05) is 11.9 Å². The molecule has 1 aromatic rings. The second kappa shape index (κ2) is 6.89. The van der Waals surface area contributed by atoms with E-state index in [9.17, 15) is 9.59 Å². The molecule has 1 aromatic carbocycles. The Bertz CT molecular complexity index is 457. The normalized spacial score (nSPS) is 12.2. The molecule has 0 heterocycles. The predicted octanol–water partition coefficient (Wildman–Crippen LogP) is 2.24. The molecule has 0 spiro atoms. The molecule has 0 saturated heterocycles. The van der Waals surface area contributed by atoms with Crippen LogP contribution in [0.15, 0.2) is 24.3 Å². The van der Waals surface area contributed by atoms with Crippen LogP contribution >= 0.6 is 0 Å². The van der Waals surface area contributed by atoms with E-state index in [2.05, 4.69) is 5.32 Å². The quantitative estimate of drug-likeness (QED) is 0.827. The van der Waals surface area contributed by atoms with Crippen LogP contribution in [0.3, 0.4) is 0 Å². The Balaban J connectivity index is 2.60. The van der Waals surface area contributed by atoms with E-state index in [0.717, 1.165) is 11.3 Å². The van der Waals surface area contributed by atoms with Gasteiger partial charge in [0.15, 0.2) is 6.10 Å². The van der Waals surface area contributed by atoms with Crippen LogP contribution in [0.25, 0.3) is 0 Å². The first-order valence-electron chi connectivity index (χ1n) is 6.15. The van der Waals surface area contributed by atoms with Crippen molar-refractivity contribution in [3.8, 4) is 0 Å². The van der Waals surface area contributed by atoms with Crippen LogP contribution < -0.4 is 5.32 Å². The molecule has 5 nitrogen and oxygen atoms in total. The van der Waals surface area contributed by atoms with E-state index in [1.807, 2.05) is 38.1 Å². The number of anilines is 1. The van der Waals surface area contributed by atoms with Crippen molar-refractivity contribution >= 4 is 17.6 Å². The first-order chi connectivity index (χ1) is 8.91. The van der Waals surface area contributed by atoms with E-state index in [1.54, 1.807) is 0 Å². The third-order valence-corrected chi connectivity index (χ3v) is 2.67. The van der Waals surface area contributed by atoms with Gasteiger partial charge in [0.05, 0.1) is 0 Å².